The molecular weight excluding hydrogens is 548 g/mol. The highest BCUT2D eigenvalue weighted by atomic mass is 16.5. The van der Waals surface area contributed by atoms with Crippen molar-refractivity contribution in [1.82, 2.24) is 0 Å². The fourth-order valence-corrected chi connectivity index (χ4v) is 6.23. The summed E-state index contributed by atoms with van der Waals surface area (Å²) >= 11 is 0. The second-order valence-corrected chi connectivity index (χ2v) is 14.0. The van der Waals surface area contributed by atoms with Crippen LogP contribution in [0.2, 0.25) is 0 Å². The molecule has 0 aromatic rings. The molecule has 0 aliphatic rings. The van der Waals surface area contributed by atoms with Gasteiger partial charge >= 0.3 is 5.97 Å². The molecule has 0 aliphatic heterocycles. The predicted molar refractivity (Wildman–Crippen MR) is 202 cm³/mol. The molecule has 0 heterocycles. The molecule has 0 saturated carbocycles. The molecule has 0 aliphatic carbocycles. The third-order valence-electron chi connectivity index (χ3n) is 9.34. The van der Waals surface area contributed by atoms with E-state index in [0.29, 0.717) is 13.0 Å². The summed E-state index contributed by atoms with van der Waals surface area (Å²) in [7, 11) is 0. The minimum atomic E-state index is 0.0192. The summed E-state index contributed by atoms with van der Waals surface area (Å²) in [5.41, 5.74) is 0. The van der Waals surface area contributed by atoms with E-state index in [1.54, 1.807) is 0 Å². The maximum absolute atomic E-state index is 12.0. The molecule has 0 N–H and O–H groups in total. The van der Waals surface area contributed by atoms with E-state index < -0.39 is 0 Å². The Morgan fingerprint density at radius 3 is 1.11 bits per heavy atom. The van der Waals surface area contributed by atoms with Gasteiger partial charge in [-0.2, -0.15) is 0 Å². The van der Waals surface area contributed by atoms with Gasteiger partial charge in [0.1, 0.15) is 0 Å². The topological polar surface area (TPSA) is 26.3 Å². The van der Waals surface area contributed by atoms with Crippen molar-refractivity contribution in [3.05, 3.63) is 24.3 Å². The van der Waals surface area contributed by atoms with E-state index in [0.717, 1.165) is 19.3 Å². The van der Waals surface area contributed by atoms with Gasteiger partial charge in [0.15, 0.2) is 0 Å². The van der Waals surface area contributed by atoms with Gasteiger partial charge in [0.25, 0.3) is 0 Å². The zero-order valence-electron chi connectivity index (χ0n) is 31.1. The van der Waals surface area contributed by atoms with Gasteiger partial charge in [-0.3, -0.25) is 4.79 Å². The minimum absolute atomic E-state index is 0.0192. The van der Waals surface area contributed by atoms with Crippen molar-refractivity contribution in [3.8, 4) is 0 Å². The van der Waals surface area contributed by atoms with Crippen molar-refractivity contribution in [1.29, 1.82) is 0 Å². The Hall–Kier alpha value is -1.05. The number of esters is 1. The maximum atomic E-state index is 12.0. The van der Waals surface area contributed by atoms with Crippen molar-refractivity contribution in [2.24, 2.45) is 0 Å². The highest BCUT2D eigenvalue weighted by Gasteiger charge is 2.03. The van der Waals surface area contributed by atoms with Crippen molar-refractivity contribution < 1.29 is 9.53 Å². The molecule has 0 spiro atoms. The summed E-state index contributed by atoms with van der Waals surface area (Å²) in [5.74, 6) is 0.0192. The summed E-state index contributed by atoms with van der Waals surface area (Å²) in [6, 6.07) is 0. The molecule has 0 radical (unpaired) electrons. The Labute approximate surface area is 284 Å². The molecular formula is C43H82O2. The monoisotopic (exact) mass is 631 g/mol. The number of ether oxygens (including phenoxy) is 1. The number of hydrogen-bond acceptors (Lipinski definition) is 2. The van der Waals surface area contributed by atoms with Crippen LogP contribution >= 0.6 is 0 Å². The Kier molecular flexibility index (Phi) is 40.0. The third kappa shape index (κ3) is 40.9. The average Bonchev–Trinajstić information content (AvgIpc) is 3.05. The van der Waals surface area contributed by atoms with E-state index in [-0.39, 0.29) is 5.97 Å². The van der Waals surface area contributed by atoms with Crippen LogP contribution in [0.3, 0.4) is 0 Å². The summed E-state index contributed by atoms with van der Waals surface area (Å²) in [6.07, 6.45) is 55.5. The van der Waals surface area contributed by atoms with Crippen LogP contribution < -0.4 is 0 Å². The van der Waals surface area contributed by atoms with Crippen LogP contribution in [-0.4, -0.2) is 12.6 Å². The molecule has 0 atom stereocenters. The summed E-state index contributed by atoms with van der Waals surface area (Å²) in [5, 5.41) is 0. The van der Waals surface area contributed by atoms with E-state index in [1.165, 1.54) is 199 Å². The van der Waals surface area contributed by atoms with E-state index in [9.17, 15) is 4.79 Å². The van der Waals surface area contributed by atoms with Gasteiger partial charge in [0, 0.05) is 6.42 Å². The van der Waals surface area contributed by atoms with Crippen LogP contribution in [0.5, 0.6) is 0 Å². The number of carbonyl (C=O) groups excluding carboxylic acids is 1. The highest BCUT2D eigenvalue weighted by molar-refractivity contribution is 5.69. The van der Waals surface area contributed by atoms with Crippen LogP contribution in [-0.2, 0) is 9.53 Å². The number of allylic oxidation sites excluding steroid dienone is 4. The first-order valence-corrected chi connectivity index (χ1v) is 20.8. The maximum Gasteiger partial charge on any atom is 0.305 e. The van der Waals surface area contributed by atoms with Crippen molar-refractivity contribution in [2.75, 3.05) is 6.61 Å². The summed E-state index contributed by atoms with van der Waals surface area (Å²) < 4.78 is 5.45. The molecule has 2 heteroatoms. The Balaban J connectivity index is 3.19. The second-order valence-electron chi connectivity index (χ2n) is 14.0. The molecule has 0 saturated heterocycles. The number of unbranched alkanes of at least 4 members (excludes halogenated alkanes) is 30. The zero-order chi connectivity index (χ0) is 32.6. The van der Waals surface area contributed by atoms with Gasteiger partial charge in [-0.1, -0.05) is 212 Å². The fraction of sp³-hybridized carbons (Fsp3) is 0.884. The van der Waals surface area contributed by atoms with E-state index >= 15 is 0 Å². The zero-order valence-corrected chi connectivity index (χ0v) is 31.1. The smallest absolute Gasteiger partial charge is 0.305 e. The van der Waals surface area contributed by atoms with Crippen LogP contribution in [0, 0.1) is 0 Å². The number of rotatable bonds is 38. The van der Waals surface area contributed by atoms with Crippen LogP contribution in [0.4, 0.5) is 0 Å². The van der Waals surface area contributed by atoms with Crippen LogP contribution in [0.25, 0.3) is 0 Å². The largest absolute Gasteiger partial charge is 0.466 e. The van der Waals surface area contributed by atoms with Crippen molar-refractivity contribution >= 4 is 5.97 Å². The van der Waals surface area contributed by atoms with Gasteiger partial charge in [-0.05, 0) is 44.9 Å². The van der Waals surface area contributed by atoms with Crippen molar-refractivity contribution in [2.45, 2.75) is 239 Å². The summed E-state index contributed by atoms with van der Waals surface area (Å²) in [4.78, 5) is 12.0. The lowest BCUT2D eigenvalue weighted by molar-refractivity contribution is -0.143. The Morgan fingerprint density at radius 2 is 0.689 bits per heavy atom. The SMILES string of the molecule is CCCCC/C=C\C/C=C/CCCCCCCCOC(=O)CCCCCCCCCCCCCCCCCCCCCCCC. The number of carbonyl (C=O) groups is 1. The molecule has 2 nitrogen and oxygen atoms in total. The van der Waals surface area contributed by atoms with Crippen molar-refractivity contribution in [3.63, 3.8) is 0 Å². The molecule has 45 heavy (non-hydrogen) atoms. The van der Waals surface area contributed by atoms with Crippen LogP contribution in [0.1, 0.15) is 239 Å². The molecule has 0 aromatic heterocycles. The lowest BCUT2D eigenvalue weighted by Crippen LogP contribution is -2.05. The Bertz CT molecular complexity index is 607. The minimum Gasteiger partial charge on any atom is -0.466 e. The van der Waals surface area contributed by atoms with E-state index in [4.69, 9.17) is 4.74 Å². The van der Waals surface area contributed by atoms with E-state index in [1.807, 2.05) is 0 Å². The average molecular weight is 631 g/mol. The van der Waals surface area contributed by atoms with Gasteiger partial charge in [0.2, 0.25) is 0 Å². The second kappa shape index (κ2) is 41.0. The first-order chi connectivity index (χ1) is 22.3. The normalized spacial score (nSPS) is 11.8. The molecule has 266 valence electrons. The van der Waals surface area contributed by atoms with Gasteiger partial charge in [0.05, 0.1) is 6.61 Å². The third-order valence-corrected chi connectivity index (χ3v) is 9.34. The molecule has 0 fully saturated rings. The van der Waals surface area contributed by atoms with Gasteiger partial charge in [-0.15, -0.1) is 0 Å². The first-order valence-electron chi connectivity index (χ1n) is 20.8. The van der Waals surface area contributed by atoms with Gasteiger partial charge in [-0.25, -0.2) is 0 Å². The number of hydrogen-bond donors (Lipinski definition) is 0. The fourth-order valence-electron chi connectivity index (χ4n) is 6.23. The molecule has 0 unspecified atom stereocenters. The predicted octanol–water partition coefficient (Wildman–Crippen LogP) is 15.3. The lowest BCUT2D eigenvalue weighted by Gasteiger charge is -2.05. The van der Waals surface area contributed by atoms with Gasteiger partial charge < -0.3 is 4.74 Å². The molecule has 0 rings (SSSR count). The molecule has 0 aromatic carbocycles. The van der Waals surface area contributed by atoms with E-state index in [2.05, 4.69) is 38.2 Å². The quantitative estimate of drug-likeness (QED) is 0.0385. The molecule has 0 amide bonds. The molecule has 0 bridgehead atoms. The standard InChI is InChI=1S/C43H82O2/c1-3-5-7-9-11-13-15-17-19-21-22-23-24-25-26-27-29-31-33-35-37-39-41-43(44)45-42-40-38-36-34-32-30-28-20-18-16-14-12-10-8-6-4-2/h12,14,18,20H,3-11,13,15-17,19,21-42H2,1-2H3/b14-12-,20-18+. The Morgan fingerprint density at radius 1 is 0.378 bits per heavy atom. The lowest BCUT2D eigenvalue weighted by atomic mass is 10.0. The van der Waals surface area contributed by atoms with Crippen LogP contribution in [0.15, 0.2) is 24.3 Å². The first kappa shape index (κ1) is 43.9. The highest BCUT2D eigenvalue weighted by Crippen LogP contribution is 2.16. The summed E-state index contributed by atoms with van der Waals surface area (Å²) in [6.45, 7) is 5.18.